The summed E-state index contributed by atoms with van der Waals surface area (Å²) in [6.45, 7) is 4.49. The monoisotopic (exact) mass is 286 g/mol. The number of aromatic hydroxyl groups is 1. The first kappa shape index (κ1) is 14.1. The molecule has 1 aliphatic rings. The topological polar surface area (TPSA) is 59.2 Å². The molecule has 112 valence electrons. The van der Waals surface area contributed by atoms with Gasteiger partial charge in [-0.3, -0.25) is 0 Å². The summed E-state index contributed by atoms with van der Waals surface area (Å²) in [5.41, 5.74) is 0.846. The summed E-state index contributed by atoms with van der Waals surface area (Å²) < 4.78 is 5.60. The summed E-state index contributed by atoms with van der Waals surface area (Å²) >= 11 is 0. The van der Waals surface area contributed by atoms with Gasteiger partial charge in [-0.05, 0) is 37.3 Å². The van der Waals surface area contributed by atoms with Crippen LogP contribution in [-0.4, -0.2) is 15.2 Å². The van der Waals surface area contributed by atoms with E-state index in [1.807, 2.05) is 6.07 Å². The number of nitrogens with zero attached hydrogens (tertiary/aromatic N) is 2. The molecule has 1 saturated carbocycles. The van der Waals surface area contributed by atoms with Crippen LogP contribution in [0.2, 0.25) is 0 Å². The van der Waals surface area contributed by atoms with Crippen LogP contribution in [0.4, 0.5) is 0 Å². The van der Waals surface area contributed by atoms with Crippen LogP contribution >= 0.6 is 0 Å². The highest BCUT2D eigenvalue weighted by Crippen LogP contribution is 2.45. The Balaban J connectivity index is 1.93. The zero-order valence-electron chi connectivity index (χ0n) is 12.7. The van der Waals surface area contributed by atoms with Gasteiger partial charge >= 0.3 is 0 Å². The second-order valence-corrected chi connectivity index (χ2v) is 6.56. The molecular formula is C17H22N2O2. The number of benzene rings is 1. The Kier molecular flexibility index (Phi) is 3.70. The molecule has 2 aromatic rings. The van der Waals surface area contributed by atoms with Gasteiger partial charge in [0.15, 0.2) is 0 Å². The van der Waals surface area contributed by atoms with Gasteiger partial charge in [0.1, 0.15) is 5.75 Å². The standard InChI is InChI=1S/C17H22N2O2/c1-12(2)11-17(8-3-4-9-17)16-18-15(19-21-16)13-6-5-7-14(20)10-13/h5-7,10,12,20H,3-4,8-9,11H2,1-2H3. The van der Waals surface area contributed by atoms with E-state index in [2.05, 4.69) is 24.0 Å². The fraction of sp³-hybridized carbons (Fsp3) is 0.529. The normalized spacial score (nSPS) is 17.5. The predicted molar refractivity (Wildman–Crippen MR) is 81.0 cm³/mol. The molecule has 0 aliphatic heterocycles. The Labute approximate surface area is 125 Å². The van der Waals surface area contributed by atoms with Crippen molar-refractivity contribution in [2.75, 3.05) is 0 Å². The molecule has 0 spiro atoms. The Morgan fingerprint density at radius 1 is 1.29 bits per heavy atom. The molecule has 0 saturated heterocycles. The number of phenolic OH excluding ortho intramolecular Hbond substituents is 1. The van der Waals surface area contributed by atoms with Crippen molar-refractivity contribution in [2.24, 2.45) is 5.92 Å². The highest BCUT2D eigenvalue weighted by atomic mass is 16.5. The zero-order valence-corrected chi connectivity index (χ0v) is 12.7. The van der Waals surface area contributed by atoms with Crippen molar-refractivity contribution in [3.8, 4) is 17.1 Å². The third-order valence-corrected chi connectivity index (χ3v) is 4.34. The fourth-order valence-electron chi connectivity index (χ4n) is 3.54. The third-order valence-electron chi connectivity index (χ3n) is 4.34. The minimum atomic E-state index is 0.0518. The van der Waals surface area contributed by atoms with Crippen molar-refractivity contribution >= 4 is 0 Å². The Morgan fingerprint density at radius 2 is 2.05 bits per heavy atom. The molecule has 3 rings (SSSR count). The van der Waals surface area contributed by atoms with E-state index in [4.69, 9.17) is 4.52 Å². The van der Waals surface area contributed by atoms with Crippen molar-refractivity contribution in [2.45, 2.75) is 51.4 Å². The van der Waals surface area contributed by atoms with Gasteiger partial charge < -0.3 is 9.63 Å². The summed E-state index contributed by atoms with van der Waals surface area (Å²) in [4.78, 5) is 4.64. The van der Waals surface area contributed by atoms with E-state index in [1.54, 1.807) is 18.2 Å². The SMILES string of the molecule is CC(C)CC1(c2nc(-c3cccc(O)c3)no2)CCCC1. The minimum absolute atomic E-state index is 0.0518. The number of hydrogen-bond acceptors (Lipinski definition) is 4. The van der Waals surface area contributed by atoms with Crippen LogP contribution < -0.4 is 0 Å². The Hall–Kier alpha value is -1.84. The van der Waals surface area contributed by atoms with Crippen LogP contribution in [0, 0.1) is 5.92 Å². The average molecular weight is 286 g/mol. The lowest BCUT2D eigenvalue weighted by Crippen LogP contribution is -2.24. The Bertz CT molecular complexity index is 613. The molecule has 0 radical (unpaired) electrons. The van der Waals surface area contributed by atoms with Gasteiger partial charge in [0.25, 0.3) is 0 Å². The fourth-order valence-corrected chi connectivity index (χ4v) is 3.54. The van der Waals surface area contributed by atoms with E-state index in [9.17, 15) is 5.11 Å². The van der Waals surface area contributed by atoms with Crippen molar-refractivity contribution < 1.29 is 9.63 Å². The summed E-state index contributed by atoms with van der Waals surface area (Å²) in [5.74, 6) is 2.17. The first-order chi connectivity index (χ1) is 10.1. The second-order valence-electron chi connectivity index (χ2n) is 6.56. The van der Waals surface area contributed by atoms with Gasteiger partial charge in [-0.2, -0.15) is 4.98 Å². The molecule has 1 fully saturated rings. The van der Waals surface area contributed by atoms with Crippen LogP contribution in [-0.2, 0) is 5.41 Å². The molecular weight excluding hydrogens is 264 g/mol. The highest BCUT2D eigenvalue weighted by Gasteiger charge is 2.41. The predicted octanol–water partition coefficient (Wildman–Crippen LogP) is 4.30. The number of rotatable bonds is 4. The van der Waals surface area contributed by atoms with Crippen molar-refractivity contribution in [1.82, 2.24) is 10.1 Å². The largest absolute Gasteiger partial charge is 0.508 e. The molecule has 4 nitrogen and oxygen atoms in total. The first-order valence-corrected chi connectivity index (χ1v) is 7.73. The maximum atomic E-state index is 9.58. The molecule has 0 amide bonds. The number of aromatic nitrogens is 2. The molecule has 0 atom stereocenters. The van der Waals surface area contributed by atoms with E-state index in [0.717, 1.165) is 30.7 Å². The van der Waals surface area contributed by atoms with Crippen molar-refractivity contribution in [3.05, 3.63) is 30.2 Å². The smallest absolute Gasteiger partial charge is 0.233 e. The summed E-state index contributed by atoms with van der Waals surface area (Å²) in [6, 6.07) is 6.98. The minimum Gasteiger partial charge on any atom is -0.508 e. The third kappa shape index (κ3) is 2.80. The molecule has 1 aliphatic carbocycles. The highest BCUT2D eigenvalue weighted by molar-refractivity contribution is 5.56. The molecule has 4 heteroatoms. The molecule has 21 heavy (non-hydrogen) atoms. The first-order valence-electron chi connectivity index (χ1n) is 7.73. The lowest BCUT2D eigenvalue weighted by Gasteiger charge is -2.26. The number of hydrogen-bond donors (Lipinski definition) is 1. The van der Waals surface area contributed by atoms with Gasteiger partial charge in [-0.15, -0.1) is 0 Å². The molecule has 0 bridgehead atoms. The summed E-state index contributed by atoms with van der Waals surface area (Å²) in [6.07, 6.45) is 5.82. The van der Waals surface area contributed by atoms with Crippen molar-refractivity contribution in [1.29, 1.82) is 0 Å². The molecule has 1 aromatic heterocycles. The van der Waals surface area contributed by atoms with Crippen molar-refractivity contribution in [3.63, 3.8) is 0 Å². The van der Waals surface area contributed by atoms with Gasteiger partial charge in [-0.1, -0.05) is 44.0 Å². The second kappa shape index (κ2) is 5.51. The van der Waals surface area contributed by atoms with E-state index >= 15 is 0 Å². The summed E-state index contributed by atoms with van der Waals surface area (Å²) in [5, 5.41) is 13.7. The zero-order chi connectivity index (χ0) is 14.9. The lowest BCUT2D eigenvalue weighted by atomic mass is 9.78. The maximum absolute atomic E-state index is 9.58. The molecule has 1 N–H and O–H groups in total. The lowest BCUT2D eigenvalue weighted by molar-refractivity contribution is 0.244. The summed E-state index contributed by atoms with van der Waals surface area (Å²) in [7, 11) is 0. The van der Waals surface area contributed by atoms with Crippen LogP contribution in [0.15, 0.2) is 28.8 Å². The van der Waals surface area contributed by atoms with Crippen LogP contribution in [0.5, 0.6) is 5.75 Å². The van der Waals surface area contributed by atoms with Crippen LogP contribution in [0.3, 0.4) is 0 Å². The number of phenols is 1. The molecule has 0 unspecified atom stereocenters. The quantitative estimate of drug-likeness (QED) is 0.910. The van der Waals surface area contributed by atoms with Gasteiger partial charge in [0.05, 0.1) is 0 Å². The van der Waals surface area contributed by atoms with Crippen LogP contribution in [0.1, 0.15) is 51.8 Å². The van der Waals surface area contributed by atoms with Crippen LogP contribution in [0.25, 0.3) is 11.4 Å². The molecule has 1 heterocycles. The van der Waals surface area contributed by atoms with Gasteiger partial charge in [0, 0.05) is 11.0 Å². The average Bonchev–Trinajstić information content (AvgIpc) is 3.07. The van der Waals surface area contributed by atoms with E-state index in [1.165, 1.54) is 12.8 Å². The van der Waals surface area contributed by atoms with Gasteiger partial charge in [-0.25, -0.2) is 0 Å². The van der Waals surface area contributed by atoms with E-state index in [-0.39, 0.29) is 11.2 Å². The maximum Gasteiger partial charge on any atom is 0.233 e. The molecule has 1 aromatic carbocycles. The Morgan fingerprint density at radius 3 is 2.71 bits per heavy atom. The van der Waals surface area contributed by atoms with E-state index in [0.29, 0.717) is 11.7 Å². The van der Waals surface area contributed by atoms with E-state index < -0.39 is 0 Å². The van der Waals surface area contributed by atoms with Gasteiger partial charge in [0.2, 0.25) is 11.7 Å².